The predicted molar refractivity (Wildman–Crippen MR) is 83.4 cm³/mol. The van der Waals surface area contributed by atoms with Crippen LogP contribution in [-0.2, 0) is 11.2 Å². The van der Waals surface area contributed by atoms with Crippen molar-refractivity contribution in [2.45, 2.75) is 19.4 Å². The number of benzene rings is 2. The van der Waals surface area contributed by atoms with Crippen molar-refractivity contribution in [2.75, 3.05) is 0 Å². The first-order chi connectivity index (χ1) is 9.97. The number of ether oxygens (including phenoxy) is 1. The van der Waals surface area contributed by atoms with Crippen LogP contribution in [0.5, 0.6) is 5.75 Å². The zero-order valence-electron chi connectivity index (χ0n) is 11.3. The van der Waals surface area contributed by atoms with Crippen LogP contribution in [0.4, 0.5) is 0 Å². The molecule has 0 fully saturated rings. The molecule has 1 N–H and O–H groups in total. The number of aliphatic carboxylic acids is 1. The van der Waals surface area contributed by atoms with Crippen LogP contribution in [0, 0.1) is 6.92 Å². The molecule has 0 aromatic heterocycles. The molecule has 0 aliphatic carbocycles. The molecule has 0 aliphatic rings. The van der Waals surface area contributed by atoms with Crippen molar-refractivity contribution in [3.05, 3.63) is 63.6 Å². The van der Waals surface area contributed by atoms with E-state index in [1.165, 1.54) is 0 Å². The van der Waals surface area contributed by atoms with Gasteiger partial charge in [-0.15, -0.1) is 0 Å². The number of halogens is 2. The normalized spacial score (nSPS) is 12.0. The molecule has 21 heavy (non-hydrogen) atoms. The number of hydrogen-bond donors (Lipinski definition) is 1. The van der Waals surface area contributed by atoms with Gasteiger partial charge in [0.1, 0.15) is 5.75 Å². The van der Waals surface area contributed by atoms with Crippen molar-refractivity contribution in [1.29, 1.82) is 0 Å². The molecule has 1 atom stereocenters. The highest BCUT2D eigenvalue weighted by molar-refractivity contribution is 6.42. The van der Waals surface area contributed by atoms with Crippen molar-refractivity contribution < 1.29 is 14.6 Å². The van der Waals surface area contributed by atoms with Crippen molar-refractivity contribution in [3.8, 4) is 5.75 Å². The fraction of sp³-hybridized carbons (Fsp3) is 0.188. The van der Waals surface area contributed by atoms with E-state index in [2.05, 4.69) is 0 Å². The first kappa shape index (κ1) is 15.7. The topological polar surface area (TPSA) is 46.5 Å². The van der Waals surface area contributed by atoms with Crippen LogP contribution >= 0.6 is 23.2 Å². The van der Waals surface area contributed by atoms with E-state index in [9.17, 15) is 9.90 Å². The molecule has 0 bridgehead atoms. The van der Waals surface area contributed by atoms with Crippen LogP contribution in [0.3, 0.4) is 0 Å². The quantitative estimate of drug-likeness (QED) is 0.887. The number of carboxylic acid groups (broad SMARTS) is 1. The van der Waals surface area contributed by atoms with Crippen molar-refractivity contribution in [1.82, 2.24) is 0 Å². The van der Waals surface area contributed by atoms with Gasteiger partial charge in [0, 0.05) is 6.42 Å². The van der Waals surface area contributed by atoms with Gasteiger partial charge < -0.3 is 9.84 Å². The Labute approximate surface area is 133 Å². The maximum atomic E-state index is 11.4. The summed E-state index contributed by atoms with van der Waals surface area (Å²) in [5.74, 6) is -0.544. The van der Waals surface area contributed by atoms with Crippen molar-refractivity contribution >= 4 is 29.2 Å². The summed E-state index contributed by atoms with van der Waals surface area (Å²) in [4.78, 5) is 11.4. The van der Waals surface area contributed by atoms with Crippen molar-refractivity contribution in [3.63, 3.8) is 0 Å². The largest absolute Gasteiger partial charge is 0.478 e. The summed E-state index contributed by atoms with van der Waals surface area (Å²) in [7, 11) is 0. The van der Waals surface area contributed by atoms with Crippen LogP contribution in [-0.4, -0.2) is 17.2 Å². The molecule has 2 rings (SSSR count). The fourth-order valence-electron chi connectivity index (χ4n) is 1.87. The molecule has 0 radical (unpaired) electrons. The molecule has 0 amide bonds. The van der Waals surface area contributed by atoms with E-state index < -0.39 is 12.1 Å². The fourth-order valence-corrected chi connectivity index (χ4v) is 2.26. The highest BCUT2D eigenvalue weighted by atomic mass is 35.5. The Morgan fingerprint density at radius 1 is 1.19 bits per heavy atom. The van der Waals surface area contributed by atoms with Gasteiger partial charge in [0.2, 0.25) is 0 Å². The molecule has 0 spiro atoms. The Balaban J connectivity index is 2.18. The van der Waals surface area contributed by atoms with Crippen LogP contribution < -0.4 is 4.74 Å². The SMILES string of the molecule is Cc1ccc(O[C@@H](Cc2cccc(Cl)c2Cl)C(=O)O)cc1. The minimum atomic E-state index is -1.05. The summed E-state index contributed by atoms with van der Waals surface area (Å²) in [5.41, 5.74) is 1.72. The van der Waals surface area contributed by atoms with E-state index in [1.54, 1.807) is 30.3 Å². The summed E-state index contributed by atoms with van der Waals surface area (Å²) in [6, 6.07) is 12.3. The highest BCUT2D eigenvalue weighted by Crippen LogP contribution is 2.27. The van der Waals surface area contributed by atoms with Gasteiger partial charge in [0.25, 0.3) is 0 Å². The van der Waals surface area contributed by atoms with Gasteiger partial charge in [-0.1, -0.05) is 53.0 Å². The van der Waals surface area contributed by atoms with Gasteiger partial charge in [0.05, 0.1) is 10.0 Å². The molecule has 110 valence electrons. The van der Waals surface area contributed by atoms with E-state index in [0.29, 0.717) is 21.4 Å². The number of hydrogen-bond acceptors (Lipinski definition) is 2. The van der Waals surface area contributed by atoms with Crippen LogP contribution in [0.2, 0.25) is 10.0 Å². The maximum absolute atomic E-state index is 11.4. The third-order valence-corrected chi connectivity index (χ3v) is 3.87. The maximum Gasteiger partial charge on any atom is 0.345 e. The summed E-state index contributed by atoms with van der Waals surface area (Å²) >= 11 is 12.0. The molecule has 0 saturated carbocycles. The smallest absolute Gasteiger partial charge is 0.345 e. The van der Waals surface area contributed by atoms with Gasteiger partial charge in [-0.2, -0.15) is 0 Å². The molecular formula is C16H14Cl2O3. The lowest BCUT2D eigenvalue weighted by molar-refractivity contribution is -0.145. The number of carboxylic acids is 1. The van der Waals surface area contributed by atoms with E-state index in [1.807, 2.05) is 19.1 Å². The molecule has 0 aliphatic heterocycles. The standard InChI is InChI=1S/C16H14Cl2O3/c1-10-5-7-12(8-6-10)21-14(16(19)20)9-11-3-2-4-13(17)15(11)18/h2-8,14H,9H2,1H3,(H,19,20)/t14-/m0/s1. The first-order valence-corrected chi connectivity index (χ1v) is 7.12. The summed E-state index contributed by atoms with van der Waals surface area (Å²) in [6.07, 6.45) is -0.883. The Bertz CT molecular complexity index is 638. The van der Waals surface area contributed by atoms with Gasteiger partial charge in [0.15, 0.2) is 6.10 Å². The molecule has 2 aromatic carbocycles. The molecular weight excluding hydrogens is 311 g/mol. The second-order valence-corrected chi connectivity index (χ2v) is 5.46. The minimum Gasteiger partial charge on any atom is -0.478 e. The third-order valence-electron chi connectivity index (χ3n) is 3.01. The monoisotopic (exact) mass is 324 g/mol. The molecule has 0 saturated heterocycles. The first-order valence-electron chi connectivity index (χ1n) is 6.36. The van der Waals surface area contributed by atoms with E-state index in [-0.39, 0.29) is 6.42 Å². The molecule has 0 unspecified atom stereocenters. The third kappa shape index (κ3) is 4.13. The molecule has 3 nitrogen and oxygen atoms in total. The summed E-state index contributed by atoms with van der Waals surface area (Å²) < 4.78 is 5.53. The molecule has 2 aromatic rings. The van der Waals surface area contributed by atoms with E-state index in [0.717, 1.165) is 5.56 Å². The second kappa shape index (κ2) is 6.83. The van der Waals surface area contributed by atoms with Gasteiger partial charge >= 0.3 is 5.97 Å². The minimum absolute atomic E-state index is 0.141. The average Bonchev–Trinajstić information content (AvgIpc) is 2.45. The molecule has 5 heteroatoms. The Morgan fingerprint density at radius 3 is 2.48 bits per heavy atom. The zero-order valence-corrected chi connectivity index (χ0v) is 12.9. The van der Waals surface area contributed by atoms with Crippen molar-refractivity contribution in [2.24, 2.45) is 0 Å². The Hall–Kier alpha value is -1.71. The number of rotatable bonds is 5. The van der Waals surface area contributed by atoms with Gasteiger partial charge in [-0.3, -0.25) is 0 Å². The molecule has 0 heterocycles. The summed E-state index contributed by atoms with van der Waals surface area (Å²) in [6.45, 7) is 1.95. The lowest BCUT2D eigenvalue weighted by Crippen LogP contribution is -2.29. The second-order valence-electron chi connectivity index (χ2n) is 4.67. The van der Waals surface area contributed by atoms with Crippen LogP contribution in [0.1, 0.15) is 11.1 Å². The Morgan fingerprint density at radius 2 is 1.86 bits per heavy atom. The number of carbonyl (C=O) groups is 1. The predicted octanol–water partition coefficient (Wildman–Crippen LogP) is 4.38. The zero-order chi connectivity index (χ0) is 15.4. The lowest BCUT2D eigenvalue weighted by Gasteiger charge is -2.16. The van der Waals surface area contributed by atoms with E-state index in [4.69, 9.17) is 27.9 Å². The highest BCUT2D eigenvalue weighted by Gasteiger charge is 2.21. The lowest BCUT2D eigenvalue weighted by atomic mass is 10.1. The average molecular weight is 325 g/mol. The van der Waals surface area contributed by atoms with Gasteiger partial charge in [-0.05, 0) is 30.7 Å². The number of aryl methyl sites for hydroxylation is 1. The van der Waals surface area contributed by atoms with Gasteiger partial charge in [-0.25, -0.2) is 4.79 Å². The van der Waals surface area contributed by atoms with Crippen LogP contribution in [0.25, 0.3) is 0 Å². The summed E-state index contributed by atoms with van der Waals surface area (Å²) in [5, 5.41) is 10.1. The Kier molecular flexibility index (Phi) is 5.10. The van der Waals surface area contributed by atoms with E-state index >= 15 is 0 Å². The van der Waals surface area contributed by atoms with Crippen LogP contribution in [0.15, 0.2) is 42.5 Å².